The molecule has 4 aromatic heterocycles. The normalized spacial score (nSPS) is 11.5. The maximum Gasteiger partial charge on any atom is 0.126 e. The van der Waals surface area contributed by atoms with Gasteiger partial charge in [-0.15, -0.1) is 0 Å². The van der Waals surface area contributed by atoms with Crippen LogP contribution in [-0.2, 0) is 5.54 Å². The van der Waals surface area contributed by atoms with Gasteiger partial charge >= 0.3 is 0 Å². The monoisotopic (exact) mass is 409 g/mol. The van der Waals surface area contributed by atoms with Crippen molar-refractivity contribution in [3.63, 3.8) is 0 Å². The standard InChI is InChI=1S/C26H27N5/c1-17(2)24(19(4)27)20-14-21-25(30-15-20)18(3)16-31(21)26(5,22-10-6-8-12-28-22)23-11-7-9-13-29-23/h6-16,27H,1-5H3. The van der Waals surface area contributed by atoms with Gasteiger partial charge in [-0.25, -0.2) is 0 Å². The predicted molar refractivity (Wildman–Crippen MR) is 126 cm³/mol. The van der Waals surface area contributed by atoms with Crippen LogP contribution in [0.25, 0.3) is 16.6 Å². The average molecular weight is 410 g/mol. The van der Waals surface area contributed by atoms with Gasteiger partial charge in [0.05, 0.1) is 22.4 Å². The highest BCUT2D eigenvalue weighted by Crippen LogP contribution is 2.36. The minimum atomic E-state index is -0.625. The molecule has 5 nitrogen and oxygen atoms in total. The number of aromatic nitrogens is 4. The van der Waals surface area contributed by atoms with E-state index in [9.17, 15) is 0 Å². The van der Waals surface area contributed by atoms with Gasteiger partial charge in [0.25, 0.3) is 0 Å². The summed E-state index contributed by atoms with van der Waals surface area (Å²) in [4.78, 5) is 14.2. The van der Waals surface area contributed by atoms with Crippen molar-refractivity contribution in [3.8, 4) is 0 Å². The van der Waals surface area contributed by atoms with Crippen molar-refractivity contribution < 1.29 is 0 Å². The van der Waals surface area contributed by atoms with Crippen molar-refractivity contribution in [2.75, 3.05) is 0 Å². The summed E-state index contributed by atoms with van der Waals surface area (Å²) in [7, 11) is 0. The van der Waals surface area contributed by atoms with Crippen LogP contribution in [0, 0.1) is 12.3 Å². The van der Waals surface area contributed by atoms with E-state index in [1.165, 1.54) is 0 Å². The van der Waals surface area contributed by atoms with Crippen LogP contribution >= 0.6 is 0 Å². The lowest BCUT2D eigenvalue weighted by atomic mass is 9.91. The highest BCUT2D eigenvalue weighted by atomic mass is 15.1. The molecule has 4 rings (SSSR count). The Labute approximate surface area is 183 Å². The maximum absolute atomic E-state index is 8.27. The van der Waals surface area contributed by atoms with E-state index in [1.807, 2.05) is 75.8 Å². The summed E-state index contributed by atoms with van der Waals surface area (Å²) in [5.74, 6) is 0. The second kappa shape index (κ2) is 7.91. The molecule has 0 atom stereocenters. The van der Waals surface area contributed by atoms with E-state index >= 15 is 0 Å². The molecule has 4 aromatic rings. The highest BCUT2D eigenvalue weighted by molar-refractivity contribution is 6.22. The molecule has 4 heterocycles. The zero-order valence-electron chi connectivity index (χ0n) is 18.6. The third-order valence-corrected chi connectivity index (χ3v) is 5.80. The molecule has 156 valence electrons. The number of pyridine rings is 3. The lowest BCUT2D eigenvalue weighted by molar-refractivity contribution is 0.463. The molecule has 0 bridgehead atoms. The molecule has 0 aliphatic rings. The lowest BCUT2D eigenvalue weighted by Gasteiger charge is -2.31. The third-order valence-electron chi connectivity index (χ3n) is 5.80. The number of nitrogens with one attached hydrogen (secondary N) is 1. The van der Waals surface area contributed by atoms with Crippen molar-refractivity contribution in [1.29, 1.82) is 5.41 Å². The molecule has 0 saturated carbocycles. The van der Waals surface area contributed by atoms with Gasteiger partial charge in [0, 0.05) is 41.6 Å². The number of rotatable bonds is 5. The Balaban J connectivity index is 2.06. The first-order valence-corrected chi connectivity index (χ1v) is 10.4. The topological polar surface area (TPSA) is 67.5 Å². The maximum atomic E-state index is 8.27. The van der Waals surface area contributed by atoms with Crippen LogP contribution in [0.5, 0.6) is 0 Å². The van der Waals surface area contributed by atoms with Crippen LogP contribution in [0.1, 0.15) is 50.2 Å². The minimum absolute atomic E-state index is 0.535. The summed E-state index contributed by atoms with van der Waals surface area (Å²) in [6, 6.07) is 14.1. The van der Waals surface area contributed by atoms with E-state index in [1.54, 1.807) is 0 Å². The molecule has 0 radical (unpaired) electrons. The summed E-state index contributed by atoms with van der Waals surface area (Å²) in [5, 5.41) is 8.27. The summed E-state index contributed by atoms with van der Waals surface area (Å²) in [6.45, 7) is 10.1. The molecule has 0 fully saturated rings. The first-order valence-electron chi connectivity index (χ1n) is 10.4. The molecule has 0 amide bonds. The Bertz CT molecular complexity index is 1240. The molecule has 0 unspecified atom stereocenters. The number of aryl methyl sites for hydroxylation is 1. The number of fused-ring (bicyclic) bond motifs is 1. The van der Waals surface area contributed by atoms with Crippen molar-refractivity contribution in [2.45, 2.75) is 40.2 Å². The quantitative estimate of drug-likeness (QED) is 0.425. The predicted octanol–water partition coefficient (Wildman–Crippen LogP) is 5.78. The van der Waals surface area contributed by atoms with Gasteiger partial charge < -0.3 is 9.98 Å². The lowest BCUT2D eigenvalue weighted by Crippen LogP contribution is -2.34. The van der Waals surface area contributed by atoms with E-state index in [0.717, 1.165) is 44.7 Å². The van der Waals surface area contributed by atoms with E-state index in [-0.39, 0.29) is 0 Å². The van der Waals surface area contributed by atoms with Gasteiger partial charge in [-0.05, 0) is 70.5 Å². The fraction of sp³-hybridized carbons (Fsp3) is 0.231. The second-order valence-electron chi connectivity index (χ2n) is 8.28. The van der Waals surface area contributed by atoms with E-state index in [2.05, 4.69) is 30.7 Å². The van der Waals surface area contributed by atoms with E-state index in [4.69, 9.17) is 20.4 Å². The Morgan fingerprint density at radius 2 is 1.55 bits per heavy atom. The fourth-order valence-electron chi connectivity index (χ4n) is 4.33. The fourth-order valence-corrected chi connectivity index (χ4v) is 4.33. The Morgan fingerprint density at radius 1 is 0.935 bits per heavy atom. The number of allylic oxidation sites excluding steroid dienone is 2. The minimum Gasteiger partial charge on any atom is -0.329 e. The van der Waals surface area contributed by atoms with Crippen molar-refractivity contribution in [2.24, 2.45) is 0 Å². The molecule has 0 aliphatic heterocycles. The summed E-state index contributed by atoms with van der Waals surface area (Å²) in [6.07, 6.45) is 7.64. The first kappa shape index (κ1) is 20.7. The van der Waals surface area contributed by atoms with Crippen LogP contribution in [-0.4, -0.2) is 25.2 Å². The summed E-state index contributed by atoms with van der Waals surface area (Å²) < 4.78 is 2.22. The van der Waals surface area contributed by atoms with Gasteiger partial charge in [0.1, 0.15) is 5.54 Å². The molecular weight excluding hydrogens is 382 g/mol. The molecule has 0 aliphatic carbocycles. The Morgan fingerprint density at radius 3 is 2.03 bits per heavy atom. The molecule has 0 spiro atoms. The van der Waals surface area contributed by atoms with E-state index < -0.39 is 5.54 Å². The van der Waals surface area contributed by atoms with Gasteiger partial charge in [0.15, 0.2) is 0 Å². The number of hydrogen-bond acceptors (Lipinski definition) is 4. The molecule has 0 saturated heterocycles. The Kier molecular flexibility index (Phi) is 5.27. The van der Waals surface area contributed by atoms with Gasteiger partial charge in [-0.3, -0.25) is 15.0 Å². The SMILES string of the molecule is CC(=N)C(=C(C)C)c1cnc2c(C)cn(C(C)(c3ccccn3)c3ccccn3)c2c1. The van der Waals surface area contributed by atoms with Crippen molar-refractivity contribution in [1.82, 2.24) is 19.5 Å². The Hall–Kier alpha value is -3.60. The van der Waals surface area contributed by atoms with Crippen molar-refractivity contribution in [3.05, 3.63) is 95.3 Å². The van der Waals surface area contributed by atoms with Crippen LogP contribution in [0.15, 0.2) is 72.8 Å². The first-order chi connectivity index (χ1) is 14.8. The van der Waals surface area contributed by atoms with Gasteiger partial charge in [-0.2, -0.15) is 0 Å². The smallest absolute Gasteiger partial charge is 0.126 e. The molecule has 31 heavy (non-hydrogen) atoms. The van der Waals surface area contributed by atoms with Crippen LogP contribution in [0.3, 0.4) is 0 Å². The third kappa shape index (κ3) is 3.46. The summed E-state index contributed by atoms with van der Waals surface area (Å²) in [5.41, 5.74) is 7.72. The van der Waals surface area contributed by atoms with Crippen molar-refractivity contribution >= 4 is 22.3 Å². The van der Waals surface area contributed by atoms with Crippen LogP contribution in [0.2, 0.25) is 0 Å². The van der Waals surface area contributed by atoms with Gasteiger partial charge in [-0.1, -0.05) is 17.7 Å². The van der Waals surface area contributed by atoms with Crippen LogP contribution < -0.4 is 0 Å². The highest BCUT2D eigenvalue weighted by Gasteiger charge is 2.35. The largest absolute Gasteiger partial charge is 0.329 e. The molecular formula is C26H27N5. The second-order valence-corrected chi connectivity index (χ2v) is 8.28. The summed E-state index contributed by atoms with van der Waals surface area (Å²) >= 11 is 0. The molecule has 1 N–H and O–H groups in total. The molecule has 5 heteroatoms. The average Bonchev–Trinajstić information content (AvgIpc) is 3.10. The zero-order chi connectivity index (χ0) is 22.2. The van der Waals surface area contributed by atoms with Gasteiger partial charge in [0.2, 0.25) is 0 Å². The zero-order valence-corrected chi connectivity index (χ0v) is 18.6. The number of nitrogens with zero attached hydrogens (tertiary/aromatic N) is 4. The van der Waals surface area contributed by atoms with Crippen LogP contribution in [0.4, 0.5) is 0 Å². The molecule has 0 aromatic carbocycles. The number of hydrogen-bond donors (Lipinski definition) is 1. The van der Waals surface area contributed by atoms with E-state index in [0.29, 0.717) is 5.71 Å².